The van der Waals surface area contributed by atoms with Crippen LogP contribution in [0.25, 0.3) is 0 Å². The molecule has 0 aromatic heterocycles. The fourth-order valence-electron chi connectivity index (χ4n) is 2.03. The standard InChI is InChI=1S/C10H22N2/c1-2-3-10(11)8-9-4-6-12-7-5-9/h9-10,12H,2-8,11H2,1H3. The molecule has 3 N–H and O–H groups in total. The first-order valence-electron chi connectivity index (χ1n) is 5.29. The van der Waals surface area contributed by atoms with Crippen molar-refractivity contribution in [1.82, 2.24) is 5.32 Å². The quantitative estimate of drug-likeness (QED) is 0.671. The monoisotopic (exact) mass is 170 g/mol. The van der Waals surface area contributed by atoms with Gasteiger partial charge in [-0.1, -0.05) is 13.3 Å². The van der Waals surface area contributed by atoms with E-state index in [9.17, 15) is 0 Å². The van der Waals surface area contributed by atoms with Crippen LogP contribution in [0, 0.1) is 5.92 Å². The molecule has 72 valence electrons. The molecule has 1 heterocycles. The highest BCUT2D eigenvalue weighted by Crippen LogP contribution is 2.18. The molecule has 0 radical (unpaired) electrons. The molecule has 0 amide bonds. The van der Waals surface area contributed by atoms with Gasteiger partial charge in [-0.2, -0.15) is 0 Å². The van der Waals surface area contributed by atoms with Gasteiger partial charge < -0.3 is 11.1 Å². The molecule has 12 heavy (non-hydrogen) atoms. The first kappa shape index (κ1) is 10.0. The van der Waals surface area contributed by atoms with E-state index in [4.69, 9.17) is 5.73 Å². The summed E-state index contributed by atoms with van der Waals surface area (Å²) >= 11 is 0. The summed E-state index contributed by atoms with van der Waals surface area (Å²) in [6, 6.07) is 0.457. The Morgan fingerprint density at radius 3 is 2.67 bits per heavy atom. The van der Waals surface area contributed by atoms with Gasteiger partial charge in [-0.25, -0.2) is 0 Å². The second kappa shape index (κ2) is 5.55. The molecule has 0 aromatic carbocycles. The van der Waals surface area contributed by atoms with E-state index >= 15 is 0 Å². The molecule has 0 saturated carbocycles. The van der Waals surface area contributed by atoms with E-state index in [1.54, 1.807) is 0 Å². The van der Waals surface area contributed by atoms with E-state index in [1.165, 1.54) is 45.2 Å². The molecular formula is C10H22N2. The Morgan fingerprint density at radius 2 is 2.08 bits per heavy atom. The average Bonchev–Trinajstić information content (AvgIpc) is 2.06. The van der Waals surface area contributed by atoms with Gasteiger partial charge in [0.1, 0.15) is 0 Å². The third-order valence-electron chi connectivity index (χ3n) is 2.75. The van der Waals surface area contributed by atoms with Crippen LogP contribution in [0.15, 0.2) is 0 Å². The van der Waals surface area contributed by atoms with Crippen molar-refractivity contribution in [3.05, 3.63) is 0 Å². The molecule has 1 aliphatic heterocycles. The Bertz CT molecular complexity index is 108. The van der Waals surface area contributed by atoms with Crippen LogP contribution < -0.4 is 11.1 Å². The van der Waals surface area contributed by atoms with Crippen LogP contribution in [-0.2, 0) is 0 Å². The van der Waals surface area contributed by atoms with Gasteiger partial charge in [0.2, 0.25) is 0 Å². The molecule has 1 atom stereocenters. The van der Waals surface area contributed by atoms with Crippen LogP contribution in [-0.4, -0.2) is 19.1 Å². The zero-order chi connectivity index (χ0) is 8.81. The van der Waals surface area contributed by atoms with Crippen LogP contribution in [0.4, 0.5) is 0 Å². The lowest BCUT2D eigenvalue weighted by atomic mass is 9.90. The minimum Gasteiger partial charge on any atom is -0.328 e. The highest BCUT2D eigenvalue weighted by molar-refractivity contribution is 4.73. The number of hydrogen-bond acceptors (Lipinski definition) is 2. The van der Waals surface area contributed by atoms with Crippen LogP contribution >= 0.6 is 0 Å². The maximum atomic E-state index is 5.99. The zero-order valence-electron chi connectivity index (χ0n) is 8.18. The fraction of sp³-hybridized carbons (Fsp3) is 1.00. The molecule has 1 unspecified atom stereocenters. The smallest absolute Gasteiger partial charge is 0.00413 e. The van der Waals surface area contributed by atoms with Crippen molar-refractivity contribution >= 4 is 0 Å². The lowest BCUT2D eigenvalue weighted by Gasteiger charge is -2.25. The van der Waals surface area contributed by atoms with Gasteiger partial charge in [-0.3, -0.25) is 0 Å². The zero-order valence-corrected chi connectivity index (χ0v) is 8.18. The minimum absolute atomic E-state index is 0.457. The highest BCUT2D eigenvalue weighted by atomic mass is 14.9. The van der Waals surface area contributed by atoms with Crippen molar-refractivity contribution in [2.24, 2.45) is 11.7 Å². The molecule has 0 aromatic rings. The van der Waals surface area contributed by atoms with E-state index in [1.807, 2.05) is 0 Å². The van der Waals surface area contributed by atoms with E-state index in [0.717, 1.165) is 5.92 Å². The Labute approximate surface area is 75.9 Å². The summed E-state index contributed by atoms with van der Waals surface area (Å²) in [5.74, 6) is 0.896. The summed E-state index contributed by atoms with van der Waals surface area (Å²) in [4.78, 5) is 0. The van der Waals surface area contributed by atoms with Gasteiger partial charge in [0.05, 0.1) is 0 Å². The number of nitrogens with one attached hydrogen (secondary N) is 1. The third kappa shape index (κ3) is 3.55. The number of nitrogens with two attached hydrogens (primary N) is 1. The molecule has 1 aliphatic rings. The van der Waals surface area contributed by atoms with E-state index in [2.05, 4.69) is 12.2 Å². The van der Waals surface area contributed by atoms with Gasteiger partial charge in [0.15, 0.2) is 0 Å². The second-order valence-electron chi connectivity index (χ2n) is 3.98. The summed E-state index contributed by atoms with van der Waals surface area (Å²) < 4.78 is 0. The van der Waals surface area contributed by atoms with E-state index in [0.29, 0.717) is 6.04 Å². The fourth-order valence-corrected chi connectivity index (χ4v) is 2.03. The van der Waals surface area contributed by atoms with Gasteiger partial charge >= 0.3 is 0 Å². The summed E-state index contributed by atoms with van der Waals surface area (Å²) in [5, 5.41) is 3.38. The number of rotatable bonds is 4. The predicted octanol–water partition coefficient (Wildman–Crippen LogP) is 1.50. The molecule has 0 bridgehead atoms. The Hall–Kier alpha value is -0.0800. The molecule has 0 aliphatic carbocycles. The van der Waals surface area contributed by atoms with Gasteiger partial charge in [-0.05, 0) is 44.7 Å². The molecule has 0 spiro atoms. The van der Waals surface area contributed by atoms with E-state index in [-0.39, 0.29) is 0 Å². The molecule has 1 rings (SSSR count). The Balaban J connectivity index is 2.11. The van der Waals surface area contributed by atoms with Crippen molar-refractivity contribution in [1.29, 1.82) is 0 Å². The lowest BCUT2D eigenvalue weighted by Crippen LogP contribution is -2.32. The van der Waals surface area contributed by atoms with Gasteiger partial charge in [-0.15, -0.1) is 0 Å². The predicted molar refractivity (Wildman–Crippen MR) is 53.1 cm³/mol. The SMILES string of the molecule is CCCC(N)CC1CCNCC1. The van der Waals surface area contributed by atoms with Crippen molar-refractivity contribution in [2.75, 3.05) is 13.1 Å². The summed E-state index contributed by atoms with van der Waals surface area (Å²) in [6.45, 7) is 4.61. The van der Waals surface area contributed by atoms with Crippen molar-refractivity contribution < 1.29 is 0 Å². The van der Waals surface area contributed by atoms with Crippen LogP contribution in [0.2, 0.25) is 0 Å². The summed E-state index contributed by atoms with van der Waals surface area (Å²) in [7, 11) is 0. The largest absolute Gasteiger partial charge is 0.328 e. The Morgan fingerprint density at radius 1 is 1.42 bits per heavy atom. The second-order valence-corrected chi connectivity index (χ2v) is 3.98. The normalized spacial score (nSPS) is 22.5. The third-order valence-corrected chi connectivity index (χ3v) is 2.75. The van der Waals surface area contributed by atoms with Crippen LogP contribution in [0.1, 0.15) is 39.0 Å². The summed E-state index contributed by atoms with van der Waals surface area (Å²) in [5.41, 5.74) is 5.99. The van der Waals surface area contributed by atoms with Crippen molar-refractivity contribution in [2.45, 2.75) is 45.1 Å². The topological polar surface area (TPSA) is 38.0 Å². The van der Waals surface area contributed by atoms with Crippen LogP contribution in [0.5, 0.6) is 0 Å². The minimum atomic E-state index is 0.457. The maximum absolute atomic E-state index is 5.99. The summed E-state index contributed by atoms with van der Waals surface area (Å²) in [6.07, 6.45) is 6.33. The maximum Gasteiger partial charge on any atom is 0.00413 e. The van der Waals surface area contributed by atoms with Gasteiger partial charge in [0, 0.05) is 6.04 Å². The lowest BCUT2D eigenvalue weighted by molar-refractivity contribution is 0.324. The number of hydrogen-bond donors (Lipinski definition) is 2. The first-order chi connectivity index (χ1) is 5.83. The molecule has 1 saturated heterocycles. The Kier molecular flexibility index (Phi) is 4.62. The first-order valence-corrected chi connectivity index (χ1v) is 5.29. The average molecular weight is 170 g/mol. The van der Waals surface area contributed by atoms with Crippen molar-refractivity contribution in [3.63, 3.8) is 0 Å². The molecule has 2 nitrogen and oxygen atoms in total. The van der Waals surface area contributed by atoms with Gasteiger partial charge in [0.25, 0.3) is 0 Å². The highest BCUT2D eigenvalue weighted by Gasteiger charge is 2.15. The van der Waals surface area contributed by atoms with Crippen LogP contribution in [0.3, 0.4) is 0 Å². The molecular weight excluding hydrogens is 148 g/mol. The van der Waals surface area contributed by atoms with E-state index < -0.39 is 0 Å². The molecule has 2 heteroatoms. The molecule has 1 fully saturated rings. The number of piperidine rings is 1. The van der Waals surface area contributed by atoms with Crippen molar-refractivity contribution in [3.8, 4) is 0 Å².